The minimum Gasteiger partial charge on any atom is -0.339 e. The summed E-state index contributed by atoms with van der Waals surface area (Å²) >= 11 is 0. The molecule has 2 rings (SSSR count). The number of rotatable bonds is 7. The number of carbonyl (C=O) groups excluding carboxylic acids is 2. The zero-order valence-corrected chi connectivity index (χ0v) is 14.9. The Kier molecular flexibility index (Phi) is 7.22. The first kappa shape index (κ1) is 18.4. The van der Waals surface area contributed by atoms with Crippen molar-refractivity contribution < 1.29 is 9.59 Å². The maximum atomic E-state index is 12.6. The summed E-state index contributed by atoms with van der Waals surface area (Å²) in [4.78, 5) is 33.0. The fourth-order valence-electron chi connectivity index (χ4n) is 3.16. The predicted octanol–water partition coefficient (Wildman–Crippen LogP) is 2.51. The standard InChI is InChI=1S/C19H29N3O2/c1-3-5-8-16(4-2)19(24)22-13-11-21(12-14-22)18(23)15-17-9-6-7-10-20-17/h6-7,9-10,16H,3-5,8,11-15H2,1-2H3. The quantitative estimate of drug-likeness (QED) is 0.771. The molecule has 1 aliphatic rings. The van der Waals surface area contributed by atoms with Crippen molar-refractivity contribution in [3.8, 4) is 0 Å². The van der Waals surface area contributed by atoms with E-state index in [1.807, 2.05) is 28.0 Å². The van der Waals surface area contributed by atoms with Gasteiger partial charge in [0.2, 0.25) is 11.8 Å². The number of pyridine rings is 1. The van der Waals surface area contributed by atoms with Gasteiger partial charge in [-0.15, -0.1) is 0 Å². The Labute approximate surface area is 145 Å². The van der Waals surface area contributed by atoms with E-state index < -0.39 is 0 Å². The second-order valence-electron chi connectivity index (χ2n) is 6.45. The molecule has 5 nitrogen and oxygen atoms in total. The molecule has 1 aromatic heterocycles. The van der Waals surface area contributed by atoms with Crippen molar-refractivity contribution in [2.45, 2.75) is 46.0 Å². The first-order chi connectivity index (χ1) is 11.7. The Hall–Kier alpha value is -1.91. The molecule has 0 aliphatic carbocycles. The number of amides is 2. The molecule has 1 fully saturated rings. The highest BCUT2D eigenvalue weighted by Crippen LogP contribution is 2.17. The molecule has 0 aromatic carbocycles. The van der Waals surface area contributed by atoms with Crippen molar-refractivity contribution in [2.75, 3.05) is 26.2 Å². The Balaban J connectivity index is 1.82. The summed E-state index contributed by atoms with van der Waals surface area (Å²) in [6, 6.07) is 5.62. The number of aromatic nitrogens is 1. The van der Waals surface area contributed by atoms with Crippen LogP contribution in [0.25, 0.3) is 0 Å². The maximum absolute atomic E-state index is 12.6. The molecule has 1 saturated heterocycles. The smallest absolute Gasteiger partial charge is 0.228 e. The number of hydrogen-bond acceptors (Lipinski definition) is 3. The van der Waals surface area contributed by atoms with Crippen molar-refractivity contribution >= 4 is 11.8 Å². The average molecular weight is 331 g/mol. The molecule has 0 saturated carbocycles. The van der Waals surface area contributed by atoms with Crippen LogP contribution in [0.4, 0.5) is 0 Å². The average Bonchev–Trinajstić information content (AvgIpc) is 2.63. The van der Waals surface area contributed by atoms with E-state index in [4.69, 9.17) is 0 Å². The van der Waals surface area contributed by atoms with Gasteiger partial charge in [0.05, 0.1) is 6.42 Å². The topological polar surface area (TPSA) is 53.5 Å². The molecule has 132 valence electrons. The third-order valence-electron chi connectivity index (χ3n) is 4.75. The molecule has 2 amide bonds. The summed E-state index contributed by atoms with van der Waals surface area (Å²) in [5.74, 6) is 0.502. The highest BCUT2D eigenvalue weighted by molar-refractivity contribution is 5.80. The first-order valence-electron chi connectivity index (χ1n) is 9.12. The molecule has 0 bridgehead atoms. The summed E-state index contributed by atoms with van der Waals surface area (Å²) in [7, 11) is 0. The van der Waals surface area contributed by atoms with E-state index in [2.05, 4.69) is 18.8 Å². The van der Waals surface area contributed by atoms with Crippen LogP contribution in [0.3, 0.4) is 0 Å². The van der Waals surface area contributed by atoms with Crippen LogP contribution < -0.4 is 0 Å². The lowest BCUT2D eigenvalue weighted by Crippen LogP contribution is -2.52. The van der Waals surface area contributed by atoms with E-state index in [9.17, 15) is 9.59 Å². The van der Waals surface area contributed by atoms with Gasteiger partial charge in [0.1, 0.15) is 0 Å². The van der Waals surface area contributed by atoms with Crippen LogP contribution in [0.2, 0.25) is 0 Å². The highest BCUT2D eigenvalue weighted by Gasteiger charge is 2.27. The van der Waals surface area contributed by atoms with Gasteiger partial charge >= 0.3 is 0 Å². The third-order valence-corrected chi connectivity index (χ3v) is 4.75. The van der Waals surface area contributed by atoms with Gasteiger partial charge in [0, 0.05) is 44.0 Å². The van der Waals surface area contributed by atoms with Gasteiger partial charge in [-0.25, -0.2) is 0 Å². The van der Waals surface area contributed by atoms with E-state index in [-0.39, 0.29) is 17.7 Å². The van der Waals surface area contributed by atoms with Crippen LogP contribution in [-0.4, -0.2) is 52.8 Å². The van der Waals surface area contributed by atoms with Gasteiger partial charge in [-0.2, -0.15) is 0 Å². The Morgan fingerprint density at radius 1 is 1.12 bits per heavy atom. The molecule has 1 unspecified atom stereocenters. The van der Waals surface area contributed by atoms with Crippen molar-refractivity contribution in [1.82, 2.24) is 14.8 Å². The lowest BCUT2D eigenvalue weighted by molar-refractivity contribution is -0.142. The minimum atomic E-state index is 0.0961. The molecular formula is C19H29N3O2. The van der Waals surface area contributed by atoms with Crippen LogP contribution in [-0.2, 0) is 16.0 Å². The van der Waals surface area contributed by atoms with Crippen LogP contribution in [0.5, 0.6) is 0 Å². The van der Waals surface area contributed by atoms with E-state index in [0.29, 0.717) is 32.6 Å². The molecule has 1 aromatic rings. The largest absolute Gasteiger partial charge is 0.339 e. The van der Waals surface area contributed by atoms with Crippen LogP contribution in [0, 0.1) is 5.92 Å². The van der Waals surface area contributed by atoms with Gasteiger partial charge < -0.3 is 9.80 Å². The molecular weight excluding hydrogens is 302 g/mol. The number of unbranched alkanes of at least 4 members (excludes halogenated alkanes) is 1. The van der Waals surface area contributed by atoms with Crippen LogP contribution >= 0.6 is 0 Å². The fraction of sp³-hybridized carbons (Fsp3) is 0.632. The van der Waals surface area contributed by atoms with E-state index in [0.717, 1.165) is 31.4 Å². The number of hydrogen-bond donors (Lipinski definition) is 0. The molecule has 24 heavy (non-hydrogen) atoms. The zero-order chi connectivity index (χ0) is 17.4. The van der Waals surface area contributed by atoms with Crippen molar-refractivity contribution in [1.29, 1.82) is 0 Å². The highest BCUT2D eigenvalue weighted by atomic mass is 16.2. The summed E-state index contributed by atoms with van der Waals surface area (Å²) in [6.07, 6.45) is 6.15. The van der Waals surface area contributed by atoms with Gasteiger partial charge in [-0.05, 0) is 25.0 Å². The Morgan fingerprint density at radius 3 is 2.42 bits per heavy atom. The third kappa shape index (κ3) is 5.05. The van der Waals surface area contributed by atoms with Crippen LogP contribution in [0.1, 0.15) is 45.2 Å². The number of piperazine rings is 1. The van der Waals surface area contributed by atoms with Gasteiger partial charge in [-0.1, -0.05) is 32.8 Å². The Bertz CT molecular complexity index is 525. The number of carbonyl (C=O) groups is 2. The summed E-state index contributed by atoms with van der Waals surface area (Å²) in [5, 5.41) is 0. The van der Waals surface area contributed by atoms with Crippen molar-refractivity contribution in [3.63, 3.8) is 0 Å². The Morgan fingerprint density at radius 2 is 1.83 bits per heavy atom. The first-order valence-corrected chi connectivity index (χ1v) is 9.12. The molecule has 0 N–H and O–H groups in total. The molecule has 0 spiro atoms. The van der Waals surface area contributed by atoms with Gasteiger partial charge in [0.25, 0.3) is 0 Å². The summed E-state index contributed by atoms with van der Waals surface area (Å²) in [5.41, 5.74) is 0.798. The van der Waals surface area contributed by atoms with Crippen molar-refractivity contribution in [3.05, 3.63) is 30.1 Å². The molecule has 2 heterocycles. The predicted molar refractivity (Wildman–Crippen MR) is 94.4 cm³/mol. The van der Waals surface area contributed by atoms with E-state index in [1.165, 1.54) is 0 Å². The van der Waals surface area contributed by atoms with Gasteiger partial charge in [0.15, 0.2) is 0 Å². The van der Waals surface area contributed by atoms with Crippen molar-refractivity contribution in [2.24, 2.45) is 5.92 Å². The minimum absolute atomic E-state index is 0.0961. The van der Waals surface area contributed by atoms with E-state index in [1.54, 1.807) is 6.20 Å². The monoisotopic (exact) mass is 331 g/mol. The lowest BCUT2D eigenvalue weighted by Gasteiger charge is -2.36. The molecule has 0 radical (unpaired) electrons. The summed E-state index contributed by atoms with van der Waals surface area (Å²) in [6.45, 7) is 6.79. The zero-order valence-electron chi connectivity index (χ0n) is 14.9. The fourth-order valence-corrected chi connectivity index (χ4v) is 3.16. The van der Waals surface area contributed by atoms with Gasteiger partial charge in [-0.3, -0.25) is 14.6 Å². The second kappa shape index (κ2) is 9.40. The second-order valence-corrected chi connectivity index (χ2v) is 6.45. The van der Waals surface area contributed by atoms with E-state index >= 15 is 0 Å². The lowest BCUT2D eigenvalue weighted by atomic mass is 9.97. The SMILES string of the molecule is CCCCC(CC)C(=O)N1CCN(C(=O)Cc2ccccn2)CC1. The maximum Gasteiger partial charge on any atom is 0.228 e. The normalized spacial score (nSPS) is 16.1. The van der Waals surface area contributed by atoms with Crippen LogP contribution in [0.15, 0.2) is 24.4 Å². The summed E-state index contributed by atoms with van der Waals surface area (Å²) < 4.78 is 0. The molecule has 1 atom stereocenters. The number of nitrogens with zero attached hydrogens (tertiary/aromatic N) is 3. The molecule has 1 aliphatic heterocycles. The molecule has 5 heteroatoms.